The topological polar surface area (TPSA) is 75.4 Å². The molecule has 2 aromatic rings. The van der Waals surface area contributed by atoms with Gasteiger partial charge in [0.15, 0.2) is 5.96 Å². The standard InChI is InChI=1S/C24H37N5O3/c1-18-19(2)32-23(27-18)17-29-12-10-20(11-13-29)16-26-24(25-3)28(4)14-15-31-22-8-6-21(30-5)7-9-22/h6-9,20H,10-17H2,1-5H3,(H,25,26). The number of oxazole rings is 1. The van der Waals surface area contributed by atoms with E-state index in [1.807, 2.05) is 52.2 Å². The largest absolute Gasteiger partial charge is 0.497 e. The molecule has 1 aliphatic heterocycles. The summed E-state index contributed by atoms with van der Waals surface area (Å²) in [6, 6.07) is 7.64. The number of guanidine groups is 1. The molecule has 2 heterocycles. The third kappa shape index (κ3) is 6.88. The number of ether oxygens (including phenoxy) is 2. The maximum atomic E-state index is 5.84. The first-order valence-corrected chi connectivity index (χ1v) is 11.3. The summed E-state index contributed by atoms with van der Waals surface area (Å²) in [5.74, 6) is 4.95. The maximum absolute atomic E-state index is 5.84. The van der Waals surface area contributed by atoms with E-state index in [9.17, 15) is 0 Å². The second-order valence-corrected chi connectivity index (χ2v) is 8.34. The molecule has 3 rings (SSSR count). The van der Waals surface area contributed by atoms with Crippen LogP contribution in [0.5, 0.6) is 11.5 Å². The van der Waals surface area contributed by atoms with Crippen molar-refractivity contribution < 1.29 is 13.9 Å². The van der Waals surface area contributed by atoms with Crippen LogP contribution in [0.15, 0.2) is 33.7 Å². The Hall–Kier alpha value is -2.74. The number of aromatic nitrogens is 1. The number of likely N-dealkylation sites (tertiary alicyclic amines) is 1. The molecule has 0 aliphatic carbocycles. The average Bonchev–Trinajstić information content (AvgIpc) is 3.12. The minimum absolute atomic E-state index is 0.585. The Morgan fingerprint density at radius 1 is 1.22 bits per heavy atom. The average molecular weight is 444 g/mol. The lowest BCUT2D eigenvalue weighted by Crippen LogP contribution is -2.44. The Bertz CT molecular complexity index is 838. The number of aliphatic imine (C=N–C) groups is 1. The number of methoxy groups -OCH3 is 1. The normalized spacial score (nSPS) is 15.6. The molecule has 0 amide bonds. The molecule has 0 spiro atoms. The molecule has 0 radical (unpaired) electrons. The molecule has 1 fully saturated rings. The number of piperidine rings is 1. The molecular weight excluding hydrogens is 406 g/mol. The Labute approximate surface area is 191 Å². The van der Waals surface area contributed by atoms with Gasteiger partial charge < -0.3 is 24.1 Å². The first kappa shape index (κ1) is 23.9. The van der Waals surface area contributed by atoms with Gasteiger partial charge in [0.25, 0.3) is 0 Å². The lowest BCUT2D eigenvalue weighted by molar-refractivity contribution is 0.163. The summed E-state index contributed by atoms with van der Waals surface area (Å²) in [5.41, 5.74) is 0.990. The molecule has 1 aliphatic rings. The van der Waals surface area contributed by atoms with Gasteiger partial charge in [0.2, 0.25) is 5.89 Å². The lowest BCUT2D eigenvalue weighted by Gasteiger charge is -2.32. The van der Waals surface area contributed by atoms with Crippen LogP contribution in [0.4, 0.5) is 0 Å². The number of nitrogens with one attached hydrogen (secondary N) is 1. The predicted octanol–water partition coefficient (Wildman–Crippen LogP) is 3.10. The molecule has 176 valence electrons. The first-order chi connectivity index (χ1) is 15.5. The van der Waals surface area contributed by atoms with Crippen LogP contribution in [-0.2, 0) is 6.54 Å². The molecule has 0 bridgehead atoms. The van der Waals surface area contributed by atoms with E-state index in [0.29, 0.717) is 12.5 Å². The highest BCUT2D eigenvalue weighted by Gasteiger charge is 2.21. The Balaban J connectivity index is 1.34. The van der Waals surface area contributed by atoms with Crippen LogP contribution in [0.1, 0.15) is 30.2 Å². The molecule has 0 unspecified atom stereocenters. The van der Waals surface area contributed by atoms with Gasteiger partial charge in [-0.1, -0.05) is 0 Å². The van der Waals surface area contributed by atoms with Gasteiger partial charge in [0.05, 0.1) is 25.9 Å². The summed E-state index contributed by atoms with van der Waals surface area (Å²) in [4.78, 5) is 13.5. The quantitative estimate of drug-likeness (QED) is 0.471. The second kappa shape index (κ2) is 11.8. The fourth-order valence-electron chi connectivity index (χ4n) is 3.85. The summed E-state index contributed by atoms with van der Waals surface area (Å²) >= 11 is 0. The zero-order chi connectivity index (χ0) is 22.9. The number of likely N-dealkylation sites (N-methyl/N-ethyl adjacent to an activating group) is 1. The first-order valence-electron chi connectivity index (χ1n) is 11.3. The highest BCUT2D eigenvalue weighted by Crippen LogP contribution is 2.19. The molecule has 8 heteroatoms. The number of aryl methyl sites for hydroxylation is 2. The van der Waals surface area contributed by atoms with E-state index in [1.54, 1.807) is 7.11 Å². The molecule has 1 saturated heterocycles. The van der Waals surface area contributed by atoms with Crippen LogP contribution in [0, 0.1) is 19.8 Å². The number of hydrogen-bond donors (Lipinski definition) is 1. The monoisotopic (exact) mass is 443 g/mol. The van der Waals surface area contributed by atoms with E-state index in [-0.39, 0.29) is 0 Å². The number of benzene rings is 1. The van der Waals surface area contributed by atoms with Crippen molar-refractivity contribution in [1.82, 2.24) is 20.1 Å². The summed E-state index contributed by atoms with van der Waals surface area (Å²) in [6.45, 7) is 9.16. The molecular formula is C24H37N5O3. The van der Waals surface area contributed by atoms with Crippen molar-refractivity contribution in [2.75, 3.05) is 54.0 Å². The predicted molar refractivity (Wildman–Crippen MR) is 126 cm³/mol. The van der Waals surface area contributed by atoms with E-state index >= 15 is 0 Å². The van der Waals surface area contributed by atoms with Crippen molar-refractivity contribution in [2.24, 2.45) is 10.9 Å². The van der Waals surface area contributed by atoms with E-state index in [0.717, 1.165) is 80.4 Å². The summed E-state index contributed by atoms with van der Waals surface area (Å²) in [6.07, 6.45) is 2.32. The number of nitrogens with zero attached hydrogens (tertiary/aromatic N) is 4. The van der Waals surface area contributed by atoms with E-state index in [2.05, 4.69) is 25.1 Å². The zero-order valence-electron chi connectivity index (χ0n) is 20.1. The zero-order valence-corrected chi connectivity index (χ0v) is 20.1. The fourth-order valence-corrected chi connectivity index (χ4v) is 3.85. The summed E-state index contributed by atoms with van der Waals surface area (Å²) in [7, 11) is 5.52. The van der Waals surface area contributed by atoms with E-state index in [4.69, 9.17) is 13.9 Å². The Morgan fingerprint density at radius 3 is 2.50 bits per heavy atom. The van der Waals surface area contributed by atoms with Crippen molar-refractivity contribution in [3.63, 3.8) is 0 Å². The SMILES string of the molecule is CN=C(NCC1CCN(Cc2nc(C)c(C)o2)CC1)N(C)CCOc1ccc(OC)cc1. The molecule has 8 nitrogen and oxygen atoms in total. The third-order valence-electron chi connectivity index (χ3n) is 6.02. The summed E-state index contributed by atoms with van der Waals surface area (Å²) in [5, 5.41) is 3.53. The van der Waals surface area contributed by atoms with Gasteiger partial charge in [0, 0.05) is 20.6 Å². The van der Waals surface area contributed by atoms with Gasteiger partial charge in [-0.2, -0.15) is 0 Å². The number of rotatable bonds is 9. The maximum Gasteiger partial charge on any atom is 0.208 e. The molecule has 0 saturated carbocycles. The van der Waals surface area contributed by atoms with Crippen molar-refractivity contribution in [2.45, 2.75) is 33.2 Å². The van der Waals surface area contributed by atoms with Crippen LogP contribution in [0.2, 0.25) is 0 Å². The van der Waals surface area contributed by atoms with Crippen molar-refractivity contribution in [1.29, 1.82) is 0 Å². The van der Waals surface area contributed by atoms with Gasteiger partial charge in [-0.3, -0.25) is 9.89 Å². The van der Waals surface area contributed by atoms with Crippen LogP contribution in [-0.4, -0.2) is 74.7 Å². The van der Waals surface area contributed by atoms with Crippen LogP contribution < -0.4 is 14.8 Å². The molecule has 1 aromatic carbocycles. The summed E-state index contributed by atoms with van der Waals surface area (Å²) < 4.78 is 16.7. The van der Waals surface area contributed by atoms with Crippen LogP contribution >= 0.6 is 0 Å². The van der Waals surface area contributed by atoms with Gasteiger partial charge >= 0.3 is 0 Å². The van der Waals surface area contributed by atoms with E-state index < -0.39 is 0 Å². The van der Waals surface area contributed by atoms with Gasteiger partial charge in [0.1, 0.15) is 23.9 Å². The molecule has 0 atom stereocenters. The van der Waals surface area contributed by atoms with Gasteiger partial charge in [-0.15, -0.1) is 0 Å². The minimum atomic E-state index is 0.585. The van der Waals surface area contributed by atoms with Crippen molar-refractivity contribution in [3.05, 3.63) is 41.6 Å². The Morgan fingerprint density at radius 2 is 1.91 bits per heavy atom. The van der Waals surface area contributed by atoms with Crippen molar-refractivity contribution >= 4 is 5.96 Å². The smallest absolute Gasteiger partial charge is 0.208 e. The van der Waals surface area contributed by atoms with Gasteiger partial charge in [-0.05, 0) is 70.0 Å². The van der Waals surface area contributed by atoms with Crippen LogP contribution in [0.3, 0.4) is 0 Å². The van der Waals surface area contributed by atoms with Gasteiger partial charge in [-0.25, -0.2) is 4.98 Å². The molecule has 32 heavy (non-hydrogen) atoms. The second-order valence-electron chi connectivity index (χ2n) is 8.34. The number of hydrogen-bond acceptors (Lipinski definition) is 6. The highest BCUT2D eigenvalue weighted by atomic mass is 16.5. The van der Waals surface area contributed by atoms with Crippen LogP contribution in [0.25, 0.3) is 0 Å². The molecule has 1 aromatic heterocycles. The minimum Gasteiger partial charge on any atom is -0.497 e. The Kier molecular flexibility index (Phi) is 8.79. The third-order valence-corrected chi connectivity index (χ3v) is 6.02. The molecule has 1 N–H and O–H groups in total. The highest BCUT2D eigenvalue weighted by molar-refractivity contribution is 5.79. The van der Waals surface area contributed by atoms with Crippen molar-refractivity contribution in [3.8, 4) is 11.5 Å². The lowest BCUT2D eigenvalue weighted by atomic mass is 9.97. The fraction of sp³-hybridized carbons (Fsp3) is 0.583. The van der Waals surface area contributed by atoms with E-state index in [1.165, 1.54) is 0 Å².